The molecule has 0 spiro atoms. The summed E-state index contributed by atoms with van der Waals surface area (Å²) in [5, 5.41) is 2.83. The maximum Gasteiger partial charge on any atom is 0.253 e. The molecule has 0 aliphatic heterocycles. The number of nitrogens with two attached hydrogens (primary N) is 1. The molecular weight excluding hydrogens is 226 g/mol. The molecule has 0 radical (unpaired) electrons. The molecule has 1 amide bonds. The summed E-state index contributed by atoms with van der Waals surface area (Å²) in [4.78, 5) is 15.9. The van der Waals surface area contributed by atoms with Gasteiger partial charge in [-0.1, -0.05) is 6.07 Å². The van der Waals surface area contributed by atoms with E-state index in [2.05, 4.69) is 10.3 Å². The lowest BCUT2D eigenvalue weighted by molar-refractivity contribution is 0.0952. The predicted octanol–water partition coefficient (Wildman–Crippen LogP) is 1.90. The first-order valence-electron chi connectivity index (χ1n) is 5.70. The van der Waals surface area contributed by atoms with Crippen molar-refractivity contribution in [1.82, 2.24) is 10.3 Å². The normalized spacial score (nSPS) is 10.1. The highest BCUT2D eigenvalue weighted by Gasteiger charge is 2.08. The van der Waals surface area contributed by atoms with E-state index < -0.39 is 0 Å². The summed E-state index contributed by atoms with van der Waals surface area (Å²) in [5.74, 6) is -0.163. The third-order valence-electron chi connectivity index (χ3n) is 2.65. The average Bonchev–Trinajstić information content (AvgIpc) is 2.37. The summed E-state index contributed by atoms with van der Waals surface area (Å²) in [6.45, 7) is 2.41. The van der Waals surface area contributed by atoms with Crippen LogP contribution in [0.4, 0.5) is 5.69 Å². The lowest BCUT2D eigenvalue weighted by Crippen LogP contribution is -2.23. The smallest absolute Gasteiger partial charge is 0.253 e. The van der Waals surface area contributed by atoms with Crippen LogP contribution in [-0.2, 0) is 6.54 Å². The molecule has 0 unspecified atom stereocenters. The maximum absolute atomic E-state index is 11.9. The van der Waals surface area contributed by atoms with Crippen LogP contribution in [0.15, 0.2) is 42.7 Å². The monoisotopic (exact) mass is 241 g/mol. The molecule has 0 atom stereocenters. The van der Waals surface area contributed by atoms with Crippen LogP contribution >= 0.6 is 0 Å². The third kappa shape index (κ3) is 2.85. The Morgan fingerprint density at radius 2 is 2.00 bits per heavy atom. The Morgan fingerprint density at radius 3 is 2.67 bits per heavy atom. The molecule has 0 bridgehead atoms. The second kappa shape index (κ2) is 5.31. The summed E-state index contributed by atoms with van der Waals surface area (Å²) < 4.78 is 0. The molecule has 2 rings (SSSR count). The minimum absolute atomic E-state index is 0.163. The van der Waals surface area contributed by atoms with Crippen LogP contribution in [0.25, 0.3) is 0 Å². The van der Waals surface area contributed by atoms with Gasteiger partial charge in [-0.3, -0.25) is 9.78 Å². The number of hydrogen-bond acceptors (Lipinski definition) is 3. The minimum Gasteiger partial charge on any atom is -0.398 e. The van der Waals surface area contributed by atoms with Gasteiger partial charge in [0.2, 0.25) is 0 Å². The number of rotatable bonds is 3. The van der Waals surface area contributed by atoms with E-state index in [1.54, 1.807) is 24.5 Å². The maximum atomic E-state index is 11.9. The summed E-state index contributed by atoms with van der Waals surface area (Å²) >= 11 is 0. The molecule has 0 saturated carbocycles. The van der Waals surface area contributed by atoms with Gasteiger partial charge in [0.1, 0.15) is 0 Å². The molecule has 0 aliphatic carbocycles. The van der Waals surface area contributed by atoms with Crippen LogP contribution in [0.1, 0.15) is 21.5 Å². The van der Waals surface area contributed by atoms with Gasteiger partial charge in [0.25, 0.3) is 5.91 Å². The van der Waals surface area contributed by atoms with Gasteiger partial charge in [-0.25, -0.2) is 0 Å². The molecule has 92 valence electrons. The lowest BCUT2D eigenvalue weighted by Gasteiger charge is -2.08. The Morgan fingerprint density at radius 1 is 1.28 bits per heavy atom. The fourth-order valence-corrected chi connectivity index (χ4v) is 1.67. The van der Waals surface area contributed by atoms with Crippen molar-refractivity contribution in [3.63, 3.8) is 0 Å². The number of amides is 1. The Labute approximate surface area is 106 Å². The Balaban J connectivity index is 2.04. The fraction of sp³-hybridized carbons (Fsp3) is 0.143. The summed E-state index contributed by atoms with van der Waals surface area (Å²) in [5.41, 5.74) is 8.88. The number of benzene rings is 1. The number of aromatic nitrogens is 1. The van der Waals surface area contributed by atoms with Gasteiger partial charge in [-0.15, -0.1) is 0 Å². The number of pyridine rings is 1. The highest BCUT2D eigenvalue weighted by atomic mass is 16.1. The van der Waals surface area contributed by atoms with E-state index in [0.717, 1.165) is 11.1 Å². The number of hydrogen-bond donors (Lipinski definition) is 2. The second-order valence-electron chi connectivity index (χ2n) is 4.13. The molecule has 0 saturated heterocycles. The van der Waals surface area contributed by atoms with E-state index in [-0.39, 0.29) is 5.91 Å². The molecule has 1 aromatic heterocycles. The first-order valence-corrected chi connectivity index (χ1v) is 5.70. The van der Waals surface area contributed by atoms with Crippen LogP contribution in [0.3, 0.4) is 0 Å². The van der Waals surface area contributed by atoms with Gasteiger partial charge in [0.15, 0.2) is 0 Å². The van der Waals surface area contributed by atoms with Gasteiger partial charge in [-0.2, -0.15) is 0 Å². The molecule has 2 aromatic rings. The Kier molecular flexibility index (Phi) is 3.57. The molecular formula is C14H15N3O. The van der Waals surface area contributed by atoms with Crippen molar-refractivity contribution in [2.45, 2.75) is 13.5 Å². The zero-order valence-corrected chi connectivity index (χ0v) is 10.2. The largest absolute Gasteiger partial charge is 0.398 e. The van der Waals surface area contributed by atoms with Gasteiger partial charge >= 0.3 is 0 Å². The van der Waals surface area contributed by atoms with E-state index >= 15 is 0 Å². The number of anilines is 1. The van der Waals surface area contributed by atoms with Crippen molar-refractivity contribution in [3.8, 4) is 0 Å². The van der Waals surface area contributed by atoms with Crippen LogP contribution < -0.4 is 11.1 Å². The van der Waals surface area contributed by atoms with Crippen LogP contribution in [0, 0.1) is 6.92 Å². The molecule has 4 nitrogen and oxygen atoms in total. The van der Waals surface area contributed by atoms with E-state index in [1.165, 1.54) is 0 Å². The van der Waals surface area contributed by atoms with Crippen molar-refractivity contribution in [3.05, 3.63) is 59.4 Å². The van der Waals surface area contributed by atoms with Crippen LogP contribution in [-0.4, -0.2) is 10.9 Å². The molecule has 0 fully saturated rings. The van der Waals surface area contributed by atoms with Gasteiger partial charge < -0.3 is 11.1 Å². The lowest BCUT2D eigenvalue weighted by atomic mass is 10.1. The molecule has 18 heavy (non-hydrogen) atoms. The zero-order valence-electron chi connectivity index (χ0n) is 10.2. The third-order valence-corrected chi connectivity index (χ3v) is 2.65. The second-order valence-corrected chi connectivity index (χ2v) is 4.13. The number of nitrogens with zero attached hydrogens (tertiary/aromatic N) is 1. The molecule has 4 heteroatoms. The summed E-state index contributed by atoms with van der Waals surface area (Å²) in [7, 11) is 0. The topological polar surface area (TPSA) is 68.0 Å². The zero-order chi connectivity index (χ0) is 13.0. The number of carbonyl (C=O) groups excluding carboxylic acids is 1. The van der Waals surface area contributed by atoms with Crippen molar-refractivity contribution in [1.29, 1.82) is 0 Å². The molecule has 1 heterocycles. The summed E-state index contributed by atoms with van der Waals surface area (Å²) in [6, 6.07) is 9.13. The average molecular weight is 241 g/mol. The van der Waals surface area contributed by atoms with E-state index in [0.29, 0.717) is 17.8 Å². The van der Waals surface area contributed by atoms with Gasteiger partial charge in [0, 0.05) is 24.6 Å². The van der Waals surface area contributed by atoms with Crippen molar-refractivity contribution in [2.75, 3.05) is 5.73 Å². The highest BCUT2D eigenvalue weighted by molar-refractivity contribution is 5.99. The number of aryl methyl sites for hydroxylation is 1. The highest BCUT2D eigenvalue weighted by Crippen LogP contribution is 2.13. The first-order chi connectivity index (χ1) is 8.66. The predicted molar refractivity (Wildman–Crippen MR) is 71.0 cm³/mol. The van der Waals surface area contributed by atoms with Crippen LogP contribution in [0.5, 0.6) is 0 Å². The Bertz CT molecular complexity index is 552. The standard InChI is InChI=1S/C14H15N3O/c1-10-2-3-12(13(15)8-10)14(18)17-9-11-4-6-16-7-5-11/h2-8H,9,15H2,1H3,(H,17,18). The van der Waals surface area contributed by atoms with Crippen molar-refractivity contribution < 1.29 is 4.79 Å². The van der Waals surface area contributed by atoms with E-state index in [4.69, 9.17) is 5.73 Å². The van der Waals surface area contributed by atoms with Gasteiger partial charge in [-0.05, 0) is 42.3 Å². The van der Waals surface area contributed by atoms with E-state index in [9.17, 15) is 4.79 Å². The number of carbonyl (C=O) groups is 1. The molecule has 1 aromatic carbocycles. The van der Waals surface area contributed by atoms with Crippen molar-refractivity contribution in [2.24, 2.45) is 0 Å². The molecule has 0 aliphatic rings. The number of nitrogens with one attached hydrogen (secondary N) is 1. The van der Waals surface area contributed by atoms with Crippen molar-refractivity contribution >= 4 is 11.6 Å². The van der Waals surface area contributed by atoms with E-state index in [1.807, 2.05) is 25.1 Å². The number of nitrogen functional groups attached to an aromatic ring is 1. The van der Waals surface area contributed by atoms with Crippen LogP contribution in [0.2, 0.25) is 0 Å². The first kappa shape index (κ1) is 12.1. The fourth-order valence-electron chi connectivity index (χ4n) is 1.67. The molecule has 3 N–H and O–H groups in total. The quantitative estimate of drug-likeness (QED) is 0.806. The SMILES string of the molecule is Cc1ccc(C(=O)NCc2ccncc2)c(N)c1. The van der Waals surface area contributed by atoms with Gasteiger partial charge in [0.05, 0.1) is 5.56 Å². The minimum atomic E-state index is -0.163. The summed E-state index contributed by atoms with van der Waals surface area (Å²) in [6.07, 6.45) is 3.39. The Hall–Kier alpha value is -2.36.